The van der Waals surface area contributed by atoms with Crippen molar-refractivity contribution in [3.63, 3.8) is 0 Å². The molecule has 0 bridgehead atoms. The number of nitro groups is 1. The lowest BCUT2D eigenvalue weighted by molar-refractivity contribution is -0.386. The number of rotatable bonds is 5. The number of carbonyl (C=O) groups is 1. The van der Waals surface area contributed by atoms with Gasteiger partial charge >= 0.3 is 11.9 Å². The topological polar surface area (TPSA) is 125 Å². The third-order valence-electron chi connectivity index (χ3n) is 3.71. The number of aromatic hydroxyl groups is 1. The summed E-state index contributed by atoms with van der Waals surface area (Å²) in [6.07, 6.45) is -3.74. The van der Waals surface area contributed by atoms with Crippen molar-refractivity contribution in [3.8, 4) is 17.6 Å². The van der Waals surface area contributed by atoms with E-state index < -0.39 is 39.6 Å². The molecule has 0 aliphatic rings. The summed E-state index contributed by atoms with van der Waals surface area (Å²) in [5, 5.41) is 31.9. The Morgan fingerprint density at radius 3 is 2.57 bits per heavy atom. The maximum atomic E-state index is 12.8. The van der Waals surface area contributed by atoms with Crippen molar-refractivity contribution in [2.75, 3.05) is 12.4 Å². The van der Waals surface area contributed by atoms with Gasteiger partial charge in [0.25, 0.3) is 5.91 Å². The van der Waals surface area contributed by atoms with Crippen LogP contribution in [0.1, 0.15) is 11.1 Å². The molecule has 0 aliphatic carbocycles. The molecule has 2 rings (SSSR count). The van der Waals surface area contributed by atoms with E-state index in [2.05, 4.69) is 5.32 Å². The first-order chi connectivity index (χ1) is 14.0. The van der Waals surface area contributed by atoms with Crippen molar-refractivity contribution in [2.45, 2.75) is 6.18 Å². The number of phenolic OH excluding ortho intramolecular Hbond substituents is 1. The summed E-state index contributed by atoms with van der Waals surface area (Å²) in [4.78, 5) is 22.5. The van der Waals surface area contributed by atoms with E-state index in [-0.39, 0.29) is 22.0 Å². The number of halogens is 4. The van der Waals surface area contributed by atoms with Gasteiger partial charge in [-0.05, 0) is 35.9 Å². The Bertz CT molecular complexity index is 1090. The molecule has 0 saturated carbocycles. The first kappa shape index (κ1) is 22.5. The summed E-state index contributed by atoms with van der Waals surface area (Å²) >= 11 is 5.81. The maximum absolute atomic E-state index is 12.8. The number of nitriles is 1. The molecule has 1 amide bonds. The third kappa shape index (κ3) is 4.98. The molecule has 0 spiro atoms. The van der Waals surface area contributed by atoms with Crippen molar-refractivity contribution in [1.82, 2.24) is 0 Å². The largest absolute Gasteiger partial charge is 0.500 e. The van der Waals surface area contributed by atoms with E-state index in [1.165, 1.54) is 0 Å². The number of methoxy groups -OCH3 is 1. The van der Waals surface area contributed by atoms with Gasteiger partial charge < -0.3 is 15.2 Å². The van der Waals surface area contributed by atoms with Crippen molar-refractivity contribution >= 4 is 35.0 Å². The standard InChI is InChI=1S/C18H11ClF3N3O5/c1-30-15-6-9(5-14(16(15)26)25(28)29)4-10(8-23)17(27)24-13-7-11(18(20,21)22)2-3-12(13)19/h2-7,26H,1H3,(H,24,27)/b10-4+. The Morgan fingerprint density at radius 2 is 2.03 bits per heavy atom. The Morgan fingerprint density at radius 1 is 1.37 bits per heavy atom. The zero-order chi connectivity index (χ0) is 22.6. The van der Waals surface area contributed by atoms with E-state index in [0.717, 1.165) is 37.5 Å². The summed E-state index contributed by atoms with van der Waals surface area (Å²) in [7, 11) is 1.14. The molecule has 0 fully saturated rings. The van der Waals surface area contributed by atoms with Gasteiger partial charge in [0, 0.05) is 6.07 Å². The van der Waals surface area contributed by atoms with Gasteiger partial charge in [-0.15, -0.1) is 0 Å². The number of alkyl halides is 3. The van der Waals surface area contributed by atoms with E-state index in [0.29, 0.717) is 6.07 Å². The molecule has 156 valence electrons. The molecular formula is C18H11ClF3N3O5. The van der Waals surface area contributed by atoms with Gasteiger partial charge in [-0.25, -0.2) is 0 Å². The summed E-state index contributed by atoms with van der Waals surface area (Å²) in [5.74, 6) is -2.14. The fraction of sp³-hybridized carbons (Fsp3) is 0.111. The van der Waals surface area contributed by atoms with Gasteiger partial charge in [-0.3, -0.25) is 14.9 Å². The highest BCUT2D eigenvalue weighted by atomic mass is 35.5. The number of hydrogen-bond acceptors (Lipinski definition) is 6. The molecule has 12 heteroatoms. The predicted octanol–water partition coefficient (Wildman–Crippen LogP) is 4.53. The van der Waals surface area contributed by atoms with Gasteiger partial charge in [-0.1, -0.05) is 11.6 Å². The molecule has 0 aliphatic heterocycles. The SMILES string of the molecule is COc1cc(/C=C(\C#N)C(=O)Nc2cc(C(F)(F)F)ccc2Cl)cc([N+](=O)[O-])c1O. The first-order valence-electron chi connectivity index (χ1n) is 7.83. The second kappa shape index (κ2) is 8.71. The lowest BCUT2D eigenvalue weighted by atomic mass is 10.1. The van der Waals surface area contributed by atoms with Crippen molar-refractivity contribution < 1.29 is 32.7 Å². The molecule has 0 aromatic heterocycles. The molecule has 2 aromatic carbocycles. The first-order valence-corrected chi connectivity index (χ1v) is 8.21. The highest BCUT2D eigenvalue weighted by Crippen LogP contribution is 2.38. The Kier molecular flexibility index (Phi) is 6.53. The molecule has 0 heterocycles. The molecule has 0 saturated heterocycles. The van der Waals surface area contributed by atoms with E-state index in [1.807, 2.05) is 0 Å². The molecule has 0 atom stereocenters. The monoisotopic (exact) mass is 441 g/mol. The second-order valence-corrected chi connectivity index (χ2v) is 6.07. The van der Waals surface area contributed by atoms with E-state index in [9.17, 15) is 38.4 Å². The van der Waals surface area contributed by atoms with Crippen molar-refractivity contribution in [3.05, 3.63) is 62.2 Å². The highest BCUT2D eigenvalue weighted by molar-refractivity contribution is 6.34. The Labute approximate surface area is 171 Å². The predicted molar refractivity (Wildman–Crippen MR) is 100.0 cm³/mol. The van der Waals surface area contributed by atoms with Crippen LogP contribution in [0.15, 0.2) is 35.9 Å². The highest BCUT2D eigenvalue weighted by Gasteiger charge is 2.31. The van der Waals surface area contributed by atoms with Crippen LogP contribution in [0.25, 0.3) is 6.08 Å². The van der Waals surface area contributed by atoms with Crippen LogP contribution < -0.4 is 10.1 Å². The number of anilines is 1. The molecule has 2 N–H and O–H groups in total. The van der Waals surface area contributed by atoms with Crippen LogP contribution in [-0.4, -0.2) is 23.0 Å². The number of benzene rings is 2. The maximum Gasteiger partial charge on any atom is 0.416 e. The summed E-state index contributed by atoms with van der Waals surface area (Å²) in [6, 6.07) is 5.82. The average molecular weight is 442 g/mol. The Balaban J connectivity index is 2.43. The van der Waals surface area contributed by atoms with Crippen LogP contribution in [0.5, 0.6) is 11.5 Å². The number of phenols is 1. The molecule has 30 heavy (non-hydrogen) atoms. The molecular weight excluding hydrogens is 431 g/mol. The van der Waals surface area contributed by atoms with E-state index in [1.54, 1.807) is 6.07 Å². The van der Waals surface area contributed by atoms with Gasteiger partial charge in [0.2, 0.25) is 5.75 Å². The number of carbonyl (C=O) groups excluding carboxylic acids is 1. The summed E-state index contributed by atoms with van der Waals surface area (Å²) in [6.45, 7) is 0. The smallest absolute Gasteiger partial charge is 0.416 e. The van der Waals surface area contributed by atoms with Crippen molar-refractivity contribution in [2.24, 2.45) is 0 Å². The summed E-state index contributed by atoms with van der Waals surface area (Å²) in [5.41, 5.74) is -2.82. The number of hydrogen-bond donors (Lipinski definition) is 2. The fourth-order valence-corrected chi connectivity index (χ4v) is 2.46. The van der Waals surface area contributed by atoms with E-state index >= 15 is 0 Å². The number of nitrogens with zero attached hydrogens (tertiary/aromatic N) is 2. The second-order valence-electron chi connectivity index (χ2n) is 5.66. The quantitative estimate of drug-likeness (QED) is 0.304. The van der Waals surface area contributed by atoms with Crippen LogP contribution in [-0.2, 0) is 11.0 Å². The van der Waals surface area contributed by atoms with Gasteiger partial charge in [-0.2, -0.15) is 18.4 Å². The van der Waals surface area contributed by atoms with Gasteiger partial charge in [0.15, 0.2) is 5.75 Å². The van der Waals surface area contributed by atoms with Crippen molar-refractivity contribution in [1.29, 1.82) is 5.26 Å². The van der Waals surface area contributed by atoms with E-state index in [4.69, 9.17) is 16.3 Å². The zero-order valence-electron chi connectivity index (χ0n) is 15.0. The minimum absolute atomic E-state index is 0.0433. The van der Waals surface area contributed by atoms with Crippen LogP contribution >= 0.6 is 11.6 Å². The van der Waals surface area contributed by atoms with Crippen LogP contribution in [0.3, 0.4) is 0 Å². The van der Waals surface area contributed by atoms with Crippen LogP contribution in [0, 0.1) is 21.4 Å². The minimum Gasteiger partial charge on any atom is -0.500 e. The number of ether oxygens (including phenoxy) is 1. The van der Waals surface area contributed by atoms with Gasteiger partial charge in [0.05, 0.1) is 28.3 Å². The zero-order valence-corrected chi connectivity index (χ0v) is 15.7. The normalized spacial score (nSPS) is 11.5. The van der Waals surface area contributed by atoms with Crippen LogP contribution in [0.4, 0.5) is 24.5 Å². The average Bonchev–Trinajstić information content (AvgIpc) is 2.67. The fourth-order valence-electron chi connectivity index (χ4n) is 2.29. The Hall–Kier alpha value is -3.78. The number of amides is 1. The molecule has 8 nitrogen and oxygen atoms in total. The van der Waals surface area contributed by atoms with Gasteiger partial charge in [0.1, 0.15) is 11.6 Å². The molecule has 0 unspecified atom stereocenters. The summed E-state index contributed by atoms with van der Waals surface area (Å²) < 4.78 is 43.4. The molecule has 0 radical (unpaired) electrons. The van der Waals surface area contributed by atoms with Crippen LogP contribution in [0.2, 0.25) is 5.02 Å². The number of nitro benzene ring substituents is 1. The number of nitrogens with one attached hydrogen (secondary N) is 1. The minimum atomic E-state index is -4.68. The third-order valence-corrected chi connectivity index (χ3v) is 4.04. The molecule has 2 aromatic rings. The lowest BCUT2D eigenvalue weighted by Crippen LogP contribution is -2.15. The lowest BCUT2D eigenvalue weighted by Gasteiger charge is -2.11.